The number of benzene rings is 1. The molecule has 4 nitrogen and oxygen atoms in total. The summed E-state index contributed by atoms with van der Waals surface area (Å²) in [5.41, 5.74) is 1.94. The smallest absolute Gasteiger partial charge is 0.309 e. The summed E-state index contributed by atoms with van der Waals surface area (Å²) < 4.78 is 4.96. The number of hydrogen-bond acceptors (Lipinski definition) is 3. The van der Waals surface area contributed by atoms with E-state index in [1.807, 2.05) is 31.2 Å². The van der Waals surface area contributed by atoms with Gasteiger partial charge in [0.1, 0.15) is 0 Å². The zero-order chi connectivity index (χ0) is 13.8. The summed E-state index contributed by atoms with van der Waals surface area (Å²) in [7, 11) is 0. The molecule has 1 aromatic carbocycles. The first-order chi connectivity index (χ1) is 9.10. The molecular formula is C15H19NO3. The van der Waals surface area contributed by atoms with Gasteiger partial charge in [-0.05, 0) is 36.5 Å². The molecule has 0 spiro atoms. The van der Waals surface area contributed by atoms with Gasteiger partial charge in [0.05, 0.1) is 5.92 Å². The highest BCUT2D eigenvalue weighted by atomic mass is 16.5. The lowest BCUT2D eigenvalue weighted by Crippen LogP contribution is -2.21. The Morgan fingerprint density at radius 3 is 2.47 bits per heavy atom. The van der Waals surface area contributed by atoms with Gasteiger partial charge in [0.2, 0.25) is 0 Å². The Balaban J connectivity index is 1.75. The molecule has 1 saturated carbocycles. The quantitative estimate of drug-likeness (QED) is 0.828. The molecule has 2 atom stereocenters. The van der Waals surface area contributed by atoms with Gasteiger partial charge in [-0.1, -0.05) is 26.0 Å². The van der Waals surface area contributed by atoms with E-state index >= 15 is 0 Å². The van der Waals surface area contributed by atoms with Crippen LogP contribution in [0.2, 0.25) is 0 Å². The van der Waals surface area contributed by atoms with E-state index in [1.165, 1.54) is 5.56 Å². The second-order valence-electron chi connectivity index (χ2n) is 5.03. The first kappa shape index (κ1) is 13.6. The minimum atomic E-state index is -0.300. The summed E-state index contributed by atoms with van der Waals surface area (Å²) in [6, 6.07) is 7.63. The van der Waals surface area contributed by atoms with E-state index in [2.05, 4.69) is 12.2 Å². The second-order valence-corrected chi connectivity index (χ2v) is 5.03. The maximum atomic E-state index is 11.6. The van der Waals surface area contributed by atoms with E-state index in [0.29, 0.717) is 5.92 Å². The summed E-state index contributed by atoms with van der Waals surface area (Å²) in [6.07, 6.45) is 1.84. The molecule has 0 radical (unpaired) electrons. The normalized spacial score (nSPS) is 20.7. The molecule has 0 bridgehead atoms. The van der Waals surface area contributed by atoms with Gasteiger partial charge < -0.3 is 10.1 Å². The van der Waals surface area contributed by atoms with E-state index in [1.54, 1.807) is 0 Å². The van der Waals surface area contributed by atoms with Crippen molar-refractivity contribution in [3.8, 4) is 0 Å². The maximum Gasteiger partial charge on any atom is 0.309 e. The van der Waals surface area contributed by atoms with Crippen molar-refractivity contribution in [1.82, 2.24) is 0 Å². The Bertz CT molecular complexity index is 467. The Morgan fingerprint density at radius 1 is 1.32 bits per heavy atom. The summed E-state index contributed by atoms with van der Waals surface area (Å²) >= 11 is 0. The van der Waals surface area contributed by atoms with E-state index in [9.17, 15) is 9.59 Å². The number of rotatable bonds is 5. The van der Waals surface area contributed by atoms with Crippen LogP contribution in [0.5, 0.6) is 0 Å². The molecule has 1 N–H and O–H groups in total. The number of hydrogen-bond donors (Lipinski definition) is 1. The van der Waals surface area contributed by atoms with Crippen molar-refractivity contribution in [3.63, 3.8) is 0 Å². The number of amides is 1. The molecule has 102 valence electrons. The molecule has 2 rings (SSSR count). The Hall–Kier alpha value is -1.84. The highest BCUT2D eigenvalue weighted by Crippen LogP contribution is 2.38. The van der Waals surface area contributed by atoms with Crippen LogP contribution in [0.3, 0.4) is 0 Å². The highest BCUT2D eigenvalue weighted by Gasteiger charge is 2.40. The number of carbonyl (C=O) groups excluding carboxylic acids is 2. The lowest BCUT2D eigenvalue weighted by molar-refractivity contribution is -0.148. The second kappa shape index (κ2) is 5.87. The van der Waals surface area contributed by atoms with Crippen LogP contribution in [-0.2, 0) is 20.7 Å². The molecule has 0 aliphatic heterocycles. The van der Waals surface area contributed by atoms with Crippen molar-refractivity contribution in [3.05, 3.63) is 29.8 Å². The van der Waals surface area contributed by atoms with Crippen molar-refractivity contribution in [1.29, 1.82) is 0 Å². The first-order valence-electron chi connectivity index (χ1n) is 6.65. The number of nitrogens with one attached hydrogen (secondary N) is 1. The predicted octanol–water partition coefficient (Wildman–Crippen LogP) is 2.39. The van der Waals surface area contributed by atoms with Crippen LogP contribution in [0.1, 0.15) is 25.8 Å². The van der Waals surface area contributed by atoms with Crippen LogP contribution >= 0.6 is 0 Å². The van der Waals surface area contributed by atoms with Gasteiger partial charge in [-0.25, -0.2) is 0 Å². The lowest BCUT2D eigenvalue weighted by Gasteiger charge is -2.07. The van der Waals surface area contributed by atoms with Crippen molar-refractivity contribution >= 4 is 17.6 Å². The fourth-order valence-electron chi connectivity index (χ4n) is 1.92. The fourth-order valence-corrected chi connectivity index (χ4v) is 1.92. The molecule has 1 aliphatic carbocycles. The molecule has 0 heterocycles. The van der Waals surface area contributed by atoms with Gasteiger partial charge in [-0.2, -0.15) is 0 Å². The standard InChI is InChI=1S/C15H19NO3/c1-3-11-4-6-12(7-5-11)16-14(17)9-19-15(18)13-8-10(13)2/h4-7,10,13H,3,8-9H2,1-2H3,(H,16,17)/t10-,13+/m0/s1. The molecule has 1 fully saturated rings. The molecule has 0 saturated heterocycles. The van der Waals surface area contributed by atoms with Crippen LogP contribution in [-0.4, -0.2) is 18.5 Å². The average molecular weight is 261 g/mol. The van der Waals surface area contributed by atoms with Crippen molar-refractivity contribution in [2.75, 3.05) is 11.9 Å². The number of ether oxygens (including phenoxy) is 1. The molecule has 4 heteroatoms. The van der Waals surface area contributed by atoms with Gasteiger partial charge >= 0.3 is 5.97 Å². The van der Waals surface area contributed by atoms with E-state index < -0.39 is 0 Å². The lowest BCUT2D eigenvalue weighted by atomic mass is 10.1. The molecule has 0 unspecified atom stereocenters. The molecular weight excluding hydrogens is 242 g/mol. The van der Waals surface area contributed by atoms with E-state index in [0.717, 1.165) is 18.5 Å². The van der Waals surface area contributed by atoms with Gasteiger partial charge in [0.25, 0.3) is 5.91 Å². The van der Waals surface area contributed by atoms with Crippen LogP contribution in [0.25, 0.3) is 0 Å². The minimum absolute atomic E-state index is 0.00311. The predicted molar refractivity (Wildman–Crippen MR) is 72.7 cm³/mol. The Morgan fingerprint density at radius 2 is 1.95 bits per heavy atom. The Kier molecular flexibility index (Phi) is 4.20. The molecule has 1 amide bonds. The monoisotopic (exact) mass is 261 g/mol. The summed E-state index contributed by atoms with van der Waals surface area (Å²) in [6.45, 7) is 3.87. The Labute approximate surface area is 113 Å². The number of esters is 1. The van der Waals surface area contributed by atoms with E-state index in [4.69, 9.17) is 4.74 Å². The van der Waals surface area contributed by atoms with Gasteiger partial charge in [0, 0.05) is 5.69 Å². The topological polar surface area (TPSA) is 55.4 Å². The first-order valence-corrected chi connectivity index (χ1v) is 6.65. The van der Waals surface area contributed by atoms with Crippen molar-refractivity contribution in [2.45, 2.75) is 26.7 Å². The third kappa shape index (κ3) is 3.81. The highest BCUT2D eigenvalue weighted by molar-refractivity contribution is 5.93. The SMILES string of the molecule is CCc1ccc(NC(=O)COC(=O)[C@@H]2C[C@@H]2C)cc1. The van der Waals surface area contributed by atoms with Crippen molar-refractivity contribution < 1.29 is 14.3 Å². The number of aryl methyl sites for hydroxylation is 1. The molecule has 19 heavy (non-hydrogen) atoms. The van der Waals surface area contributed by atoms with E-state index in [-0.39, 0.29) is 24.4 Å². The van der Waals surface area contributed by atoms with Crippen molar-refractivity contribution in [2.24, 2.45) is 11.8 Å². The summed E-state index contributed by atoms with van der Waals surface area (Å²) in [5, 5.41) is 2.70. The zero-order valence-corrected chi connectivity index (χ0v) is 11.3. The van der Waals surface area contributed by atoms with Gasteiger partial charge in [-0.15, -0.1) is 0 Å². The van der Waals surface area contributed by atoms with Gasteiger partial charge in [-0.3, -0.25) is 9.59 Å². The minimum Gasteiger partial charge on any atom is -0.455 e. The fraction of sp³-hybridized carbons (Fsp3) is 0.467. The average Bonchev–Trinajstić information content (AvgIpc) is 3.14. The number of anilines is 1. The maximum absolute atomic E-state index is 11.6. The third-order valence-corrected chi connectivity index (χ3v) is 3.40. The molecule has 1 aliphatic rings. The van der Waals surface area contributed by atoms with Gasteiger partial charge in [0.15, 0.2) is 6.61 Å². The van der Waals surface area contributed by atoms with Crippen LogP contribution in [0.15, 0.2) is 24.3 Å². The molecule has 0 aromatic heterocycles. The molecule has 1 aromatic rings. The third-order valence-electron chi connectivity index (χ3n) is 3.40. The summed E-state index contributed by atoms with van der Waals surface area (Å²) in [5.74, 6) is -0.163. The van der Waals surface area contributed by atoms with Crippen LogP contribution in [0, 0.1) is 11.8 Å². The summed E-state index contributed by atoms with van der Waals surface area (Å²) in [4.78, 5) is 23.1. The number of carbonyl (C=O) groups is 2. The van der Waals surface area contributed by atoms with Crippen LogP contribution in [0.4, 0.5) is 5.69 Å². The zero-order valence-electron chi connectivity index (χ0n) is 11.3. The van der Waals surface area contributed by atoms with Crippen LogP contribution < -0.4 is 5.32 Å². The largest absolute Gasteiger partial charge is 0.455 e.